The molecule has 0 spiro atoms. The second-order valence-corrected chi connectivity index (χ2v) is 5.12. The van der Waals surface area contributed by atoms with E-state index >= 15 is 0 Å². The molecule has 0 saturated heterocycles. The van der Waals surface area contributed by atoms with E-state index in [4.69, 9.17) is 0 Å². The van der Waals surface area contributed by atoms with Crippen LogP contribution in [0.5, 0.6) is 0 Å². The van der Waals surface area contributed by atoms with Gasteiger partial charge >= 0.3 is 0 Å². The van der Waals surface area contributed by atoms with Crippen molar-refractivity contribution in [3.8, 4) is 6.07 Å². The molecule has 1 unspecified atom stereocenters. The number of hydrogen-bond donors (Lipinski definition) is 0. The van der Waals surface area contributed by atoms with Crippen LogP contribution in [0.1, 0.15) is 37.2 Å². The van der Waals surface area contributed by atoms with Gasteiger partial charge in [0, 0.05) is 4.47 Å². The van der Waals surface area contributed by atoms with Gasteiger partial charge in [-0.2, -0.15) is 5.26 Å². The van der Waals surface area contributed by atoms with Crippen molar-refractivity contribution in [3.63, 3.8) is 0 Å². The Hall–Kier alpha value is -0.810. The fourth-order valence-corrected chi connectivity index (χ4v) is 2.86. The summed E-state index contributed by atoms with van der Waals surface area (Å²) in [6.07, 6.45) is 5.00. The van der Waals surface area contributed by atoms with Gasteiger partial charge in [0.1, 0.15) is 0 Å². The third-order valence-electron chi connectivity index (χ3n) is 3.22. The molecule has 2 heteroatoms. The predicted octanol–water partition coefficient (Wildman–Crippen LogP) is 4.25. The zero-order chi connectivity index (χ0) is 10.7. The summed E-state index contributed by atoms with van der Waals surface area (Å²) in [6.45, 7) is 0. The molecule has 1 aromatic carbocycles. The van der Waals surface area contributed by atoms with Gasteiger partial charge in [-0.25, -0.2) is 0 Å². The Kier molecular flexibility index (Phi) is 3.43. The van der Waals surface area contributed by atoms with E-state index in [9.17, 15) is 5.26 Å². The highest BCUT2D eigenvalue weighted by atomic mass is 79.9. The van der Waals surface area contributed by atoms with E-state index in [-0.39, 0.29) is 5.92 Å². The van der Waals surface area contributed by atoms with Crippen molar-refractivity contribution in [3.05, 3.63) is 34.3 Å². The lowest BCUT2D eigenvalue weighted by Crippen LogP contribution is -2.07. The van der Waals surface area contributed by atoms with E-state index in [1.54, 1.807) is 0 Å². The van der Waals surface area contributed by atoms with E-state index in [1.807, 2.05) is 12.1 Å². The summed E-state index contributed by atoms with van der Waals surface area (Å²) < 4.78 is 1.07. The first-order chi connectivity index (χ1) is 7.31. The van der Waals surface area contributed by atoms with Crippen LogP contribution >= 0.6 is 15.9 Å². The molecule has 2 rings (SSSR count). The minimum Gasteiger partial charge on any atom is -0.198 e. The van der Waals surface area contributed by atoms with Gasteiger partial charge in [-0.1, -0.05) is 40.9 Å². The number of benzene rings is 1. The molecule has 0 heterocycles. The van der Waals surface area contributed by atoms with Crippen LogP contribution in [0.3, 0.4) is 0 Å². The normalized spacial score (nSPS) is 18.7. The van der Waals surface area contributed by atoms with Gasteiger partial charge in [-0.3, -0.25) is 0 Å². The minimum absolute atomic E-state index is 0.0880. The molecule has 0 bridgehead atoms. The van der Waals surface area contributed by atoms with E-state index in [0.29, 0.717) is 5.92 Å². The summed E-state index contributed by atoms with van der Waals surface area (Å²) >= 11 is 3.46. The van der Waals surface area contributed by atoms with Crippen molar-refractivity contribution >= 4 is 15.9 Å². The van der Waals surface area contributed by atoms with Gasteiger partial charge < -0.3 is 0 Å². The lowest BCUT2D eigenvalue weighted by molar-refractivity contribution is 0.501. The highest BCUT2D eigenvalue weighted by molar-refractivity contribution is 9.10. The van der Waals surface area contributed by atoms with Gasteiger partial charge in [-0.05, 0) is 36.5 Å². The zero-order valence-corrected chi connectivity index (χ0v) is 10.2. The molecule has 1 aromatic rings. The van der Waals surface area contributed by atoms with Crippen LogP contribution in [0.4, 0.5) is 0 Å². The van der Waals surface area contributed by atoms with Crippen molar-refractivity contribution in [1.29, 1.82) is 5.26 Å². The second kappa shape index (κ2) is 4.81. The molecule has 1 aliphatic carbocycles. The molecule has 15 heavy (non-hydrogen) atoms. The third kappa shape index (κ3) is 2.41. The molecule has 0 amide bonds. The molecule has 0 aromatic heterocycles. The third-order valence-corrected chi connectivity index (χ3v) is 3.71. The van der Waals surface area contributed by atoms with Crippen LogP contribution in [-0.4, -0.2) is 0 Å². The van der Waals surface area contributed by atoms with Crippen molar-refractivity contribution in [1.82, 2.24) is 0 Å². The van der Waals surface area contributed by atoms with Gasteiger partial charge in [0.15, 0.2) is 0 Å². The maximum absolute atomic E-state index is 9.27. The number of halogens is 1. The van der Waals surface area contributed by atoms with Crippen LogP contribution in [0, 0.1) is 17.2 Å². The molecule has 1 aliphatic rings. The molecular weight excluding hydrogens is 250 g/mol. The molecular formula is C13H14BrN. The lowest BCUT2D eigenvalue weighted by Gasteiger charge is -2.16. The molecule has 0 aliphatic heterocycles. The minimum atomic E-state index is 0.0880. The van der Waals surface area contributed by atoms with Crippen molar-refractivity contribution in [2.45, 2.75) is 31.6 Å². The number of rotatable bonds is 2. The molecule has 1 nitrogen and oxygen atoms in total. The number of nitriles is 1. The Bertz CT molecular complexity index is 374. The number of nitrogens with zero attached hydrogens (tertiary/aromatic N) is 1. The first-order valence-corrected chi connectivity index (χ1v) is 6.25. The largest absolute Gasteiger partial charge is 0.198 e. The summed E-state index contributed by atoms with van der Waals surface area (Å²) in [5.41, 5.74) is 1.17. The number of hydrogen-bond acceptors (Lipinski definition) is 1. The molecule has 1 atom stereocenters. The van der Waals surface area contributed by atoms with Gasteiger partial charge in [0.25, 0.3) is 0 Å². The van der Waals surface area contributed by atoms with Crippen molar-refractivity contribution in [2.75, 3.05) is 0 Å². The Morgan fingerprint density at radius 2 is 2.07 bits per heavy atom. The maximum atomic E-state index is 9.27. The van der Waals surface area contributed by atoms with Gasteiger partial charge in [0.2, 0.25) is 0 Å². The first-order valence-electron chi connectivity index (χ1n) is 5.46. The Balaban J connectivity index is 2.23. The van der Waals surface area contributed by atoms with E-state index in [1.165, 1.54) is 31.2 Å². The second-order valence-electron chi connectivity index (χ2n) is 4.21. The van der Waals surface area contributed by atoms with Crippen LogP contribution in [0.25, 0.3) is 0 Å². The van der Waals surface area contributed by atoms with Crippen LogP contribution < -0.4 is 0 Å². The van der Waals surface area contributed by atoms with Crippen LogP contribution in [0.2, 0.25) is 0 Å². The van der Waals surface area contributed by atoms with E-state index < -0.39 is 0 Å². The first kappa shape index (κ1) is 10.7. The standard InChI is InChI=1S/C13H14BrN/c14-12-7-3-6-11(8-12)13(9-15)10-4-1-2-5-10/h3,6-8,10,13H,1-2,4-5H2. The Morgan fingerprint density at radius 3 is 2.67 bits per heavy atom. The smallest absolute Gasteiger partial charge is 0.0741 e. The van der Waals surface area contributed by atoms with E-state index in [2.05, 4.69) is 34.1 Å². The fourth-order valence-electron chi connectivity index (χ4n) is 2.44. The molecule has 1 fully saturated rings. The summed E-state index contributed by atoms with van der Waals surface area (Å²) in [5, 5.41) is 9.27. The molecule has 1 saturated carbocycles. The highest BCUT2D eigenvalue weighted by Crippen LogP contribution is 2.37. The zero-order valence-electron chi connectivity index (χ0n) is 8.62. The Morgan fingerprint density at radius 1 is 1.33 bits per heavy atom. The summed E-state index contributed by atoms with van der Waals surface area (Å²) in [6, 6.07) is 10.6. The topological polar surface area (TPSA) is 23.8 Å². The highest BCUT2D eigenvalue weighted by Gasteiger charge is 2.26. The lowest BCUT2D eigenvalue weighted by atomic mass is 9.86. The quantitative estimate of drug-likeness (QED) is 0.783. The average molecular weight is 264 g/mol. The monoisotopic (exact) mass is 263 g/mol. The van der Waals surface area contributed by atoms with Crippen LogP contribution in [0.15, 0.2) is 28.7 Å². The SMILES string of the molecule is N#CC(c1cccc(Br)c1)C1CCCC1. The fraction of sp³-hybridized carbons (Fsp3) is 0.462. The average Bonchev–Trinajstić information content (AvgIpc) is 2.72. The summed E-state index contributed by atoms with van der Waals surface area (Å²) in [7, 11) is 0. The predicted molar refractivity (Wildman–Crippen MR) is 64.5 cm³/mol. The van der Waals surface area contributed by atoms with Gasteiger partial charge in [0.05, 0.1) is 12.0 Å². The molecule has 0 N–H and O–H groups in total. The molecule has 78 valence electrons. The van der Waals surface area contributed by atoms with Crippen LogP contribution in [-0.2, 0) is 0 Å². The van der Waals surface area contributed by atoms with E-state index in [0.717, 1.165) is 4.47 Å². The van der Waals surface area contributed by atoms with Gasteiger partial charge in [-0.15, -0.1) is 0 Å². The van der Waals surface area contributed by atoms with Crippen molar-refractivity contribution in [2.24, 2.45) is 5.92 Å². The summed E-state index contributed by atoms with van der Waals surface area (Å²) in [5.74, 6) is 0.661. The summed E-state index contributed by atoms with van der Waals surface area (Å²) in [4.78, 5) is 0. The Labute approximate surface area is 99.2 Å². The maximum Gasteiger partial charge on any atom is 0.0741 e. The van der Waals surface area contributed by atoms with Crippen molar-refractivity contribution < 1.29 is 0 Å². The molecule has 0 radical (unpaired) electrons.